The van der Waals surface area contributed by atoms with Gasteiger partial charge in [0.05, 0.1) is 7.11 Å². The van der Waals surface area contributed by atoms with Crippen LogP contribution in [0, 0.1) is 0 Å². The highest BCUT2D eigenvalue weighted by Crippen LogP contribution is 2.34. The number of nitrogen functional groups attached to an aromatic ring is 1. The highest BCUT2D eigenvalue weighted by Gasteiger charge is 2.18. The van der Waals surface area contributed by atoms with E-state index in [9.17, 15) is 0 Å². The molecule has 0 spiro atoms. The molecule has 0 aromatic carbocycles. The average molecular weight is 241 g/mol. The van der Waals surface area contributed by atoms with Crippen molar-refractivity contribution in [1.29, 1.82) is 0 Å². The van der Waals surface area contributed by atoms with E-state index in [1.807, 2.05) is 0 Å². The Hall–Kier alpha value is -1.01. The van der Waals surface area contributed by atoms with E-state index >= 15 is 0 Å². The molecule has 5 nitrogen and oxygen atoms in total. The van der Waals surface area contributed by atoms with E-state index in [2.05, 4.69) is 9.97 Å². The van der Waals surface area contributed by atoms with Crippen LogP contribution in [0.15, 0.2) is 11.4 Å². The molecular formula is C10H15N3O2S. The first-order valence-electron chi connectivity index (χ1n) is 5.20. The molecule has 1 aliphatic heterocycles. The van der Waals surface area contributed by atoms with Gasteiger partial charge in [-0.1, -0.05) is 0 Å². The molecule has 2 rings (SSSR count). The number of aromatic nitrogens is 2. The van der Waals surface area contributed by atoms with Gasteiger partial charge in [-0.3, -0.25) is 0 Å². The van der Waals surface area contributed by atoms with Gasteiger partial charge in [-0.2, -0.15) is 4.98 Å². The molecule has 1 aromatic heterocycles. The Morgan fingerprint density at radius 1 is 1.44 bits per heavy atom. The molecule has 0 saturated carbocycles. The molecule has 2 N–H and O–H groups in total. The van der Waals surface area contributed by atoms with Crippen molar-refractivity contribution in [2.24, 2.45) is 0 Å². The zero-order valence-electron chi connectivity index (χ0n) is 9.18. The summed E-state index contributed by atoms with van der Waals surface area (Å²) >= 11 is 1.68. The smallest absolute Gasteiger partial charge is 0.241 e. The summed E-state index contributed by atoms with van der Waals surface area (Å²) in [4.78, 5) is 8.14. The Bertz CT molecular complexity index is 356. The maximum atomic E-state index is 5.91. The van der Waals surface area contributed by atoms with Crippen molar-refractivity contribution < 1.29 is 9.47 Å². The van der Waals surface area contributed by atoms with Crippen LogP contribution in [0.1, 0.15) is 12.8 Å². The first kappa shape index (κ1) is 11.5. The Labute approximate surface area is 98.7 Å². The van der Waals surface area contributed by atoms with E-state index in [1.54, 1.807) is 18.9 Å². The monoisotopic (exact) mass is 241 g/mol. The molecule has 88 valence electrons. The minimum Gasteiger partial charge on any atom is -0.479 e. The summed E-state index contributed by atoms with van der Waals surface area (Å²) < 4.78 is 10.4. The van der Waals surface area contributed by atoms with Crippen molar-refractivity contribution in [3.05, 3.63) is 6.33 Å². The Morgan fingerprint density at radius 2 is 2.19 bits per heavy atom. The molecule has 1 saturated heterocycles. The van der Waals surface area contributed by atoms with E-state index in [1.165, 1.54) is 6.33 Å². The summed E-state index contributed by atoms with van der Waals surface area (Å²) in [7, 11) is 1.56. The van der Waals surface area contributed by atoms with Gasteiger partial charge >= 0.3 is 0 Å². The van der Waals surface area contributed by atoms with E-state index in [0.29, 0.717) is 16.8 Å². The van der Waals surface area contributed by atoms with Crippen molar-refractivity contribution in [2.75, 3.05) is 26.1 Å². The Kier molecular flexibility index (Phi) is 3.84. The van der Waals surface area contributed by atoms with Crippen LogP contribution in [0.2, 0.25) is 0 Å². The lowest BCUT2D eigenvalue weighted by Crippen LogP contribution is -2.17. The third-order valence-electron chi connectivity index (χ3n) is 2.45. The van der Waals surface area contributed by atoms with Crippen LogP contribution < -0.4 is 10.5 Å². The van der Waals surface area contributed by atoms with Gasteiger partial charge in [0.25, 0.3) is 0 Å². The van der Waals surface area contributed by atoms with Crippen molar-refractivity contribution in [2.45, 2.75) is 23.1 Å². The first-order valence-corrected chi connectivity index (χ1v) is 6.08. The summed E-state index contributed by atoms with van der Waals surface area (Å²) in [5, 5.41) is 1.33. The predicted octanol–water partition coefficient (Wildman–Crippen LogP) is 1.34. The van der Waals surface area contributed by atoms with Crippen molar-refractivity contribution >= 4 is 17.4 Å². The lowest BCUT2D eigenvalue weighted by atomic mass is 10.2. The van der Waals surface area contributed by atoms with Crippen LogP contribution in [0.5, 0.6) is 5.88 Å². The van der Waals surface area contributed by atoms with Crippen molar-refractivity contribution in [3.8, 4) is 5.88 Å². The van der Waals surface area contributed by atoms with Gasteiger partial charge in [0.2, 0.25) is 5.88 Å². The lowest BCUT2D eigenvalue weighted by Gasteiger charge is -2.21. The van der Waals surface area contributed by atoms with Crippen LogP contribution in [0.3, 0.4) is 0 Å². The van der Waals surface area contributed by atoms with E-state index in [0.717, 1.165) is 31.1 Å². The molecular weight excluding hydrogens is 226 g/mol. The SMILES string of the molecule is COc1ncnc(SC2CCOCC2)c1N. The number of hydrogen-bond acceptors (Lipinski definition) is 6. The summed E-state index contributed by atoms with van der Waals surface area (Å²) in [6.07, 6.45) is 3.56. The van der Waals surface area contributed by atoms with Crippen LogP contribution in [-0.2, 0) is 4.74 Å². The van der Waals surface area contributed by atoms with Crippen molar-refractivity contribution in [3.63, 3.8) is 0 Å². The Balaban J connectivity index is 2.08. The summed E-state index contributed by atoms with van der Waals surface area (Å²) in [6, 6.07) is 0. The van der Waals surface area contributed by atoms with E-state index in [4.69, 9.17) is 15.2 Å². The molecule has 0 atom stereocenters. The molecule has 0 amide bonds. The number of anilines is 1. The predicted molar refractivity (Wildman–Crippen MR) is 62.7 cm³/mol. The summed E-state index contributed by atoms with van der Waals surface area (Å²) in [5.74, 6) is 0.449. The largest absolute Gasteiger partial charge is 0.479 e. The molecule has 1 fully saturated rings. The summed E-state index contributed by atoms with van der Waals surface area (Å²) in [6.45, 7) is 1.64. The zero-order valence-corrected chi connectivity index (χ0v) is 10.00. The fourth-order valence-electron chi connectivity index (χ4n) is 1.57. The fourth-order valence-corrected chi connectivity index (χ4v) is 2.64. The molecule has 0 radical (unpaired) electrons. The lowest BCUT2D eigenvalue weighted by molar-refractivity contribution is 0.1000. The fraction of sp³-hybridized carbons (Fsp3) is 0.600. The average Bonchev–Trinajstić information content (AvgIpc) is 2.33. The van der Waals surface area contributed by atoms with Crippen molar-refractivity contribution in [1.82, 2.24) is 9.97 Å². The van der Waals surface area contributed by atoms with Crippen LogP contribution in [0.25, 0.3) is 0 Å². The van der Waals surface area contributed by atoms with E-state index < -0.39 is 0 Å². The maximum absolute atomic E-state index is 5.91. The molecule has 2 heterocycles. The molecule has 1 aliphatic rings. The number of thioether (sulfide) groups is 1. The van der Waals surface area contributed by atoms with Gasteiger partial charge in [0.1, 0.15) is 17.0 Å². The first-order chi connectivity index (χ1) is 7.81. The number of nitrogens with zero attached hydrogens (tertiary/aromatic N) is 2. The highest BCUT2D eigenvalue weighted by atomic mass is 32.2. The maximum Gasteiger partial charge on any atom is 0.241 e. The van der Waals surface area contributed by atoms with E-state index in [-0.39, 0.29) is 0 Å². The van der Waals surface area contributed by atoms with Gasteiger partial charge in [0, 0.05) is 18.5 Å². The zero-order chi connectivity index (χ0) is 11.4. The summed E-state index contributed by atoms with van der Waals surface area (Å²) in [5.41, 5.74) is 6.44. The second-order valence-corrected chi connectivity index (χ2v) is 4.82. The standard InChI is InChI=1S/C10H15N3O2S/c1-14-9-8(11)10(13-6-12-9)16-7-2-4-15-5-3-7/h6-7H,2-5,11H2,1H3. The topological polar surface area (TPSA) is 70.3 Å². The van der Waals surface area contributed by atoms with Gasteiger partial charge in [-0.15, -0.1) is 11.8 Å². The molecule has 16 heavy (non-hydrogen) atoms. The van der Waals surface area contributed by atoms with Crippen LogP contribution in [-0.4, -0.2) is 35.5 Å². The van der Waals surface area contributed by atoms with Gasteiger partial charge in [0.15, 0.2) is 0 Å². The Morgan fingerprint density at radius 3 is 2.88 bits per heavy atom. The van der Waals surface area contributed by atoms with Gasteiger partial charge < -0.3 is 15.2 Å². The molecule has 6 heteroatoms. The quantitative estimate of drug-likeness (QED) is 0.805. The molecule has 0 aliphatic carbocycles. The van der Waals surface area contributed by atoms with Crippen LogP contribution >= 0.6 is 11.8 Å². The minimum atomic E-state index is 0.449. The number of nitrogens with two attached hydrogens (primary N) is 1. The van der Waals surface area contributed by atoms with Gasteiger partial charge in [-0.05, 0) is 12.8 Å². The number of hydrogen-bond donors (Lipinski definition) is 1. The molecule has 0 unspecified atom stereocenters. The van der Waals surface area contributed by atoms with Gasteiger partial charge in [-0.25, -0.2) is 4.98 Å². The third kappa shape index (κ3) is 2.56. The third-order valence-corrected chi connectivity index (χ3v) is 3.80. The minimum absolute atomic E-state index is 0.449. The number of ether oxygens (including phenoxy) is 2. The number of methoxy groups -OCH3 is 1. The normalized spacial score (nSPS) is 17.3. The second-order valence-electron chi connectivity index (χ2n) is 3.53. The molecule has 1 aromatic rings. The molecule has 0 bridgehead atoms. The number of rotatable bonds is 3. The van der Waals surface area contributed by atoms with Crippen LogP contribution in [0.4, 0.5) is 5.69 Å². The highest BCUT2D eigenvalue weighted by molar-refractivity contribution is 8.00. The second kappa shape index (κ2) is 5.36.